The van der Waals surface area contributed by atoms with Crippen LogP contribution in [0.25, 0.3) is 11.7 Å². The number of pyridine rings is 1. The van der Waals surface area contributed by atoms with E-state index in [1.807, 2.05) is 63.2 Å². The Morgan fingerprint density at radius 1 is 1.19 bits per heavy atom. The van der Waals surface area contributed by atoms with Gasteiger partial charge in [-0.2, -0.15) is 0 Å². The van der Waals surface area contributed by atoms with Gasteiger partial charge < -0.3 is 0 Å². The molecule has 1 saturated heterocycles. The number of amides is 1. The van der Waals surface area contributed by atoms with Crippen molar-refractivity contribution < 1.29 is 4.79 Å². The molecule has 3 aromatic rings. The van der Waals surface area contributed by atoms with Gasteiger partial charge in [-0.3, -0.25) is 18.9 Å². The highest BCUT2D eigenvalue weighted by Crippen LogP contribution is 2.36. The van der Waals surface area contributed by atoms with Crippen molar-refractivity contribution >= 4 is 57.7 Å². The van der Waals surface area contributed by atoms with Crippen LogP contribution in [0.5, 0.6) is 0 Å². The molecule has 158 valence electrons. The lowest BCUT2D eigenvalue weighted by Gasteiger charge is -2.21. The van der Waals surface area contributed by atoms with E-state index in [4.69, 9.17) is 17.2 Å². The van der Waals surface area contributed by atoms with Gasteiger partial charge in [0.1, 0.15) is 15.0 Å². The Labute approximate surface area is 194 Å². The Hall–Kier alpha value is -2.42. The molecule has 0 spiro atoms. The number of thiocarbonyl (C=S) groups is 1. The first-order valence-corrected chi connectivity index (χ1v) is 12.0. The first kappa shape index (κ1) is 21.8. The van der Waals surface area contributed by atoms with E-state index in [1.165, 1.54) is 27.9 Å². The number of thioether (sulfide) groups is 1. The lowest BCUT2D eigenvalue weighted by Crippen LogP contribution is -2.36. The molecule has 1 aliphatic heterocycles. The number of carbonyl (C=O) groups excluding carboxylic acids is 1. The molecule has 1 fully saturated rings. The van der Waals surface area contributed by atoms with Crippen molar-refractivity contribution in [2.45, 2.75) is 43.2 Å². The fourth-order valence-electron chi connectivity index (χ4n) is 3.27. The van der Waals surface area contributed by atoms with Crippen molar-refractivity contribution in [1.29, 1.82) is 0 Å². The second-order valence-electron chi connectivity index (χ2n) is 7.24. The molecule has 2 aromatic heterocycles. The highest BCUT2D eigenvalue weighted by atomic mass is 32.2. The molecular formula is C23H21N3O2S3. The van der Waals surface area contributed by atoms with Gasteiger partial charge in [0.2, 0.25) is 0 Å². The highest BCUT2D eigenvalue weighted by molar-refractivity contribution is 8.26. The van der Waals surface area contributed by atoms with Crippen LogP contribution in [0.3, 0.4) is 0 Å². The first-order valence-electron chi connectivity index (χ1n) is 9.92. The molecule has 0 radical (unpaired) electrons. The maximum Gasteiger partial charge on any atom is 0.266 e. The zero-order valence-corrected chi connectivity index (χ0v) is 19.8. The van der Waals surface area contributed by atoms with Gasteiger partial charge in [0, 0.05) is 17.1 Å². The number of hydrogen-bond acceptors (Lipinski definition) is 6. The highest BCUT2D eigenvalue weighted by Gasteiger charge is 2.35. The van der Waals surface area contributed by atoms with E-state index >= 15 is 0 Å². The van der Waals surface area contributed by atoms with Crippen molar-refractivity contribution in [3.05, 3.63) is 75.0 Å². The number of aryl methyl sites for hydroxylation is 1. The summed E-state index contributed by atoms with van der Waals surface area (Å²) in [4.78, 5) is 34.3. The topological polar surface area (TPSA) is 54.7 Å². The normalized spacial score (nSPS) is 16.5. The van der Waals surface area contributed by atoms with Gasteiger partial charge in [-0.1, -0.05) is 66.9 Å². The average Bonchev–Trinajstić information content (AvgIpc) is 3.04. The molecule has 1 aromatic carbocycles. The standard InChI is InChI=1S/C23H21N3O2S3/c1-4-15(3)26-22(28)18(31-23(26)29)13-17-20(30-16-10-6-5-7-11-16)24-19-14(2)9-8-12-25(19)21(17)27/h5-13,15H,4H2,1-3H3/b18-13-. The van der Waals surface area contributed by atoms with Crippen LogP contribution in [0.1, 0.15) is 31.4 Å². The van der Waals surface area contributed by atoms with E-state index in [9.17, 15) is 9.59 Å². The number of rotatable bonds is 5. The van der Waals surface area contributed by atoms with Crippen LogP contribution in [0.4, 0.5) is 0 Å². The molecule has 8 heteroatoms. The van der Waals surface area contributed by atoms with Gasteiger partial charge in [0.25, 0.3) is 11.5 Å². The fourth-order valence-corrected chi connectivity index (χ4v) is 5.62. The molecule has 5 nitrogen and oxygen atoms in total. The van der Waals surface area contributed by atoms with E-state index in [2.05, 4.69) is 0 Å². The van der Waals surface area contributed by atoms with Crippen molar-refractivity contribution in [2.24, 2.45) is 0 Å². The van der Waals surface area contributed by atoms with Crippen LogP contribution in [-0.4, -0.2) is 30.6 Å². The quantitative estimate of drug-likeness (QED) is 0.294. The zero-order valence-electron chi connectivity index (χ0n) is 17.4. The lowest BCUT2D eigenvalue weighted by molar-refractivity contribution is -0.123. The third-order valence-electron chi connectivity index (χ3n) is 5.14. The molecule has 1 atom stereocenters. The largest absolute Gasteiger partial charge is 0.290 e. The van der Waals surface area contributed by atoms with E-state index < -0.39 is 0 Å². The molecule has 4 rings (SSSR count). The Morgan fingerprint density at radius 2 is 1.94 bits per heavy atom. The predicted octanol–water partition coefficient (Wildman–Crippen LogP) is 5.15. The van der Waals surface area contributed by atoms with Crippen LogP contribution >= 0.6 is 35.7 Å². The van der Waals surface area contributed by atoms with Crippen LogP contribution in [-0.2, 0) is 4.79 Å². The molecule has 1 aliphatic rings. The first-order chi connectivity index (χ1) is 14.9. The van der Waals surface area contributed by atoms with E-state index in [-0.39, 0.29) is 17.5 Å². The number of nitrogens with zero attached hydrogens (tertiary/aromatic N) is 3. The average molecular weight is 468 g/mol. The summed E-state index contributed by atoms with van der Waals surface area (Å²) >= 11 is 8.09. The van der Waals surface area contributed by atoms with E-state index in [0.717, 1.165) is 16.9 Å². The van der Waals surface area contributed by atoms with Crippen LogP contribution in [0.2, 0.25) is 0 Å². The van der Waals surface area contributed by atoms with Crippen molar-refractivity contribution in [3.63, 3.8) is 0 Å². The van der Waals surface area contributed by atoms with Crippen molar-refractivity contribution in [3.8, 4) is 0 Å². The summed E-state index contributed by atoms with van der Waals surface area (Å²) in [5.41, 5.74) is 1.70. The minimum Gasteiger partial charge on any atom is -0.290 e. The molecular weight excluding hydrogens is 446 g/mol. The van der Waals surface area contributed by atoms with Gasteiger partial charge in [-0.25, -0.2) is 4.98 Å². The molecule has 3 heterocycles. The monoisotopic (exact) mass is 467 g/mol. The third-order valence-corrected chi connectivity index (χ3v) is 7.48. The summed E-state index contributed by atoms with van der Waals surface area (Å²) in [7, 11) is 0. The van der Waals surface area contributed by atoms with Crippen LogP contribution in [0.15, 0.2) is 68.3 Å². The molecule has 1 unspecified atom stereocenters. The van der Waals surface area contributed by atoms with E-state index in [0.29, 0.717) is 25.5 Å². The summed E-state index contributed by atoms with van der Waals surface area (Å²) in [6.07, 6.45) is 4.15. The van der Waals surface area contributed by atoms with Gasteiger partial charge in [-0.15, -0.1) is 0 Å². The second-order valence-corrected chi connectivity index (χ2v) is 9.98. The van der Waals surface area contributed by atoms with Crippen molar-refractivity contribution in [2.75, 3.05) is 0 Å². The van der Waals surface area contributed by atoms with Gasteiger partial charge in [-0.05, 0) is 50.1 Å². The number of carbonyl (C=O) groups is 1. The zero-order chi connectivity index (χ0) is 22.1. The lowest BCUT2D eigenvalue weighted by atomic mass is 10.2. The smallest absolute Gasteiger partial charge is 0.266 e. The summed E-state index contributed by atoms with van der Waals surface area (Å²) in [6, 6.07) is 13.5. The third kappa shape index (κ3) is 4.20. The molecule has 0 bridgehead atoms. The maximum absolute atomic E-state index is 13.4. The summed E-state index contributed by atoms with van der Waals surface area (Å²) < 4.78 is 2.05. The second kappa shape index (κ2) is 8.98. The molecule has 31 heavy (non-hydrogen) atoms. The van der Waals surface area contributed by atoms with Crippen LogP contribution in [0, 0.1) is 6.92 Å². The fraction of sp³-hybridized carbons (Fsp3) is 0.217. The minimum absolute atomic E-state index is 0.00930. The maximum atomic E-state index is 13.4. The number of fused-ring (bicyclic) bond motifs is 1. The minimum atomic E-state index is -0.207. The van der Waals surface area contributed by atoms with Crippen molar-refractivity contribution in [1.82, 2.24) is 14.3 Å². The SMILES string of the molecule is CCC(C)N1C(=O)/C(=C/c2c(Sc3ccccc3)nc3c(C)cccn3c2=O)SC1=S. The number of hydrogen-bond donors (Lipinski definition) is 0. The Kier molecular flexibility index (Phi) is 6.31. The molecule has 1 amide bonds. The Morgan fingerprint density at radius 3 is 2.65 bits per heavy atom. The Balaban J connectivity index is 1.88. The van der Waals surface area contributed by atoms with E-state index in [1.54, 1.807) is 17.2 Å². The number of aromatic nitrogens is 2. The summed E-state index contributed by atoms with van der Waals surface area (Å²) in [5, 5.41) is 0.569. The summed E-state index contributed by atoms with van der Waals surface area (Å²) in [6.45, 7) is 5.92. The number of benzene rings is 1. The Bertz CT molecular complexity index is 1270. The predicted molar refractivity (Wildman–Crippen MR) is 132 cm³/mol. The summed E-state index contributed by atoms with van der Waals surface area (Å²) in [5.74, 6) is -0.159. The van der Waals surface area contributed by atoms with Gasteiger partial charge in [0.05, 0.1) is 10.5 Å². The van der Waals surface area contributed by atoms with Gasteiger partial charge >= 0.3 is 0 Å². The molecule has 0 N–H and O–H groups in total. The van der Waals surface area contributed by atoms with Crippen LogP contribution < -0.4 is 5.56 Å². The van der Waals surface area contributed by atoms with Gasteiger partial charge in [0.15, 0.2) is 0 Å². The molecule has 0 aliphatic carbocycles. The molecule has 0 saturated carbocycles.